The maximum absolute atomic E-state index is 12.7. The first-order valence-corrected chi connectivity index (χ1v) is 11.0. The zero-order valence-corrected chi connectivity index (χ0v) is 17.4. The molecule has 0 saturated heterocycles. The molecule has 0 atom stereocenters. The Labute approximate surface area is 172 Å². The van der Waals surface area contributed by atoms with Crippen LogP contribution < -0.4 is 9.73 Å². The quantitative estimate of drug-likeness (QED) is 0.450. The molecule has 0 radical (unpaired) electrons. The fraction of sp³-hybridized carbons (Fsp3) is 0.174. The third kappa shape index (κ3) is 5.45. The molecule has 0 saturated carbocycles. The molecule has 0 spiro atoms. The zero-order chi connectivity index (χ0) is 20.7. The van der Waals surface area contributed by atoms with E-state index < -0.39 is 10.0 Å². The van der Waals surface area contributed by atoms with Crippen molar-refractivity contribution in [2.75, 3.05) is 18.0 Å². The standard InChI is InChI=1S/C23H25N3O2S/c1-3-26(21-12-8-5-9-13-21)18-23(20-10-6-4-7-11-20)24-25-29(27,28)22-16-14-19(2)15-17-22/h4-17,25H,3,18H2,1-2H3/b24-23+. The van der Waals surface area contributed by atoms with Crippen LogP contribution in [-0.2, 0) is 10.0 Å². The van der Waals surface area contributed by atoms with E-state index in [0.29, 0.717) is 12.3 Å². The lowest BCUT2D eigenvalue weighted by atomic mass is 10.1. The second-order valence-corrected chi connectivity index (χ2v) is 8.34. The molecule has 3 aromatic rings. The molecule has 6 heteroatoms. The molecule has 0 unspecified atom stereocenters. The highest BCUT2D eigenvalue weighted by Gasteiger charge is 2.15. The number of rotatable bonds is 8. The minimum absolute atomic E-state index is 0.190. The van der Waals surface area contributed by atoms with Crippen LogP contribution in [0, 0.1) is 6.92 Å². The van der Waals surface area contributed by atoms with Crippen LogP contribution in [0.2, 0.25) is 0 Å². The smallest absolute Gasteiger partial charge is 0.276 e. The van der Waals surface area contributed by atoms with Crippen molar-refractivity contribution in [3.8, 4) is 0 Å². The highest BCUT2D eigenvalue weighted by atomic mass is 32.2. The van der Waals surface area contributed by atoms with E-state index in [4.69, 9.17) is 0 Å². The Morgan fingerprint density at radius 3 is 2.07 bits per heavy atom. The van der Waals surface area contributed by atoms with Crippen molar-refractivity contribution in [1.82, 2.24) is 4.83 Å². The molecule has 1 N–H and O–H groups in total. The average molecular weight is 408 g/mol. The summed E-state index contributed by atoms with van der Waals surface area (Å²) in [7, 11) is -3.74. The first-order chi connectivity index (χ1) is 14.0. The molecular formula is C23H25N3O2S. The van der Waals surface area contributed by atoms with Gasteiger partial charge in [-0.1, -0.05) is 66.2 Å². The lowest BCUT2D eigenvalue weighted by Gasteiger charge is -2.24. The van der Waals surface area contributed by atoms with Crippen molar-refractivity contribution in [2.24, 2.45) is 5.10 Å². The molecule has 5 nitrogen and oxygen atoms in total. The topological polar surface area (TPSA) is 61.8 Å². The molecule has 3 rings (SSSR count). The number of nitrogens with one attached hydrogen (secondary N) is 1. The van der Waals surface area contributed by atoms with Gasteiger partial charge in [0.25, 0.3) is 10.0 Å². The van der Waals surface area contributed by atoms with Crippen LogP contribution >= 0.6 is 0 Å². The van der Waals surface area contributed by atoms with Crippen LogP contribution in [0.15, 0.2) is 94.9 Å². The molecule has 0 aliphatic carbocycles. The van der Waals surface area contributed by atoms with E-state index in [0.717, 1.165) is 23.4 Å². The van der Waals surface area contributed by atoms with Crippen molar-refractivity contribution < 1.29 is 8.42 Å². The number of nitrogens with zero attached hydrogens (tertiary/aromatic N) is 2. The van der Waals surface area contributed by atoms with Crippen molar-refractivity contribution in [3.05, 3.63) is 96.1 Å². The van der Waals surface area contributed by atoms with E-state index in [1.165, 1.54) is 0 Å². The first-order valence-electron chi connectivity index (χ1n) is 9.50. The normalized spacial score (nSPS) is 11.9. The van der Waals surface area contributed by atoms with Gasteiger partial charge < -0.3 is 4.90 Å². The summed E-state index contributed by atoms with van der Waals surface area (Å²) in [5.74, 6) is 0. The van der Waals surface area contributed by atoms with E-state index in [1.807, 2.05) is 67.6 Å². The number of benzene rings is 3. The van der Waals surface area contributed by atoms with Gasteiger partial charge in [0.1, 0.15) is 0 Å². The minimum atomic E-state index is -3.74. The summed E-state index contributed by atoms with van der Waals surface area (Å²) in [6, 6.07) is 26.3. The van der Waals surface area contributed by atoms with Gasteiger partial charge in [0, 0.05) is 12.2 Å². The molecule has 0 aliphatic heterocycles. The summed E-state index contributed by atoms with van der Waals surface area (Å²) < 4.78 is 25.3. The molecule has 150 valence electrons. The molecule has 0 aromatic heterocycles. The van der Waals surface area contributed by atoms with Crippen molar-refractivity contribution >= 4 is 21.4 Å². The van der Waals surface area contributed by atoms with Crippen LogP contribution in [0.25, 0.3) is 0 Å². The van der Waals surface area contributed by atoms with Crippen molar-refractivity contribution in [1.29, 1.82) is 0 Å². The zero-order valence-electron chi connectivity index (χ0n) is 16.6. The monoisotopic (exact) mass is 407 g/mol. The molecule has 0 bridgehead atoms. The van der Waals surface area contributed by atoms with Crippen LogP contribution in [0.1, 0.15) is 18.1 Å². The highest BCUT2D eigenvalue weighted by Crippen LogP contribution is 2.15. The second kappa shape index (κ2) is 9.39. The maximum Gasteiger partial charge on any atom is 0.276 e. The molecule has 0 heterocycles. The third-order valence-corrected chi connectivity index (χ3v) is 5.81. The Kier molecular flexibility index (Phi) is 6.67. The van der Waals surface area contributed by atoms with Crippen molar-refractivity contribution in [3.63, 3.8) is 0 Å². The number of hydrogen-bond acceptors (Lipinski definition) is 4. The first kappa shape index (κ1) is 20.6. The number of sulfonamides is 1. The van der Waals surface area contributed by atoms with E-state index in [1.54, 1.807) is 24.3 Å². The lowest BCUT2D eigenvalue weighted by molar-refractivity contribution is 0.584. The van der Waals surface area contributed by atoms with Crippen LogP contribution in [-0.4, -0.2) is 27.2 Å². The minimum Gasteiger partial charge on any atom is -0.366 e. The van der Waals surface area contributed by atoms with E-state index >= 15 is 0 Å². The maximum atomic E-state index is 12.7. The van der Waals surface area contributed by atoms with Gasteiger partial charge in [-0.15, -0.1) is 0 Å². The van der Waals surface area contributed by atoms with E-state index in [2.05, 4.69) is 21.8 Å². The third-order valence-electron chi connectivity index (χ3n) is 4.58. The van der Waals surface area contributed by atoms with Gasteiger partial charge >= 0.3 is 0 Å². The largest absolute Gasteiger partial charge is 0.366 e. The van der Waals surface area contributed by atoms with Gasteiger partial charge in [-0.05, 0) is 43.7 Å². The van der Waals surface area contributed by atoms with Gasteiger partial charge in [0.05, 0.1) is 17.2 Å². The van der Waals surface area contributed by atoms with Gasteiger partial charge in [-0.2, -0.15) is 18.4 Å². The summed E-state index contributed by atoms with van der Waals surface area (Å²) in [6.45, 7) is 5.21. The Balaban J connectivity index is 1.90. The van der Waals surface area contributed by atoms with Crippen LogP contribution in [0.4, 0.5) is 5.69 Å². The molecular weight excluding hydrogens is 382 g/mol. The number of hydrazone groups is 1. The Morgan fingerprint density at radius 1 is 0.897 bits per heavy atom. The van der Waals surface area contributed by atoms with Crippen molar-refractivity contribution in [2.45, 2.75) is 18.7 Å². The predicted molar refractivity (Wildman–Crippen MR) is 119 cm³/mol. The Morgan fingerprint density at radius 2 is 1.48 bits per heavy atom. The summed E-state index contributed by atoms with van der Waals surface area (Å²) in [6.07, 6.45) is 0. The van der Waals surface area contributed by atoms with Crippen LogP contribution in [0.3, 0.4) is 0 Å². The molecule has 3 aromatic carbocycles. The van der Waals surface area contributed by atoms with Gasteiger partial charge in [-0.25, -0.2) is 0 Å². The highest BCUT2D eigenvalue weighted by molar-refractivity contribution is 7.89. The van der Waals surface area contributed by atoms with E-state index in [9.17, 15) is 8.42 Å². The van der Waals surface area contributed by atoms with Gasteiger partial charge in [0.2, 0.25) is 0 Å². The fourth-order valence-electron chi connectivity index (χ4n) is 2.91. The SMILES string of the molecule is CCN(C/C(=N\NS(=O)(=O)c1ccc(C)cc1)c1ccccc1)c1ccccc1. The molecule has 29 heavy (non-hydrogen) atoms. The van der Waals surface area contributed by atoms with Crippen LogP contribution in [0.5, 0.6) is 0 Å². The number of para-hydroxylation sites is 1. The predicted octanol–water partition coefficient (Wildman–Crippen LogP) is 4.20. The second-order valence-electron chi connectivity index (χ2n) is 6.68. The molecule has 0 fully saturated rings. The summed E-state index contributed by atoms with van der Waals surface area (Å²) >= 11 is 0. The number of anilines is 1. The number of aryl methyl sites for hydroxylation is 1. The molecule has 0 amide bonds. The number of hydrogen-bond donors (Lipinski definition) is 1. The van der Waals surface area contributed by atoms with Gasteiger partial charge in [0.15, 0.2) is 0 Å². The fourth-order valence-corrected chi connectivity index (χ4v) is 3.74. The van der Waals surface area contributed by atoms with E-state index in [-0.39, 0.29) is 4.90 Å². The average Bonchev–Trinajstić information content (AvgIpc) is 2.75. The summed E-state index contributed by atoms with van der Waals surface area (Å²) in [5.41, 5.74) is 3.57. The molecule has 0 aliphatic rings. The number of likely N-dealkylation sites (N-methyl/N-ethyl adjacent to an activating group) is 1. The summed E-state index contributed by atoms with van der Waals surface area (Å²) in [5, 5.41) is 4.31. The summed E-state index contributed by atoms with van der Waals surface area (Å²) in [4.78, 5) is 4.74. The Bertz CT molecular complexity index is 1050. The Hall–Kier alpha value is -3.12. The van der Waals surface area contributed by atoms with Gasteiger partial charge in [-0.3, -0.25) is 0 Å². The lowest BCUT2D eigenvalue weighted by Crippen LogP contribution is -2.32.